The first-order valence-corrected chi connectivity index (χ1v) is 13.4. The summed E-state index contributed by atoms with van der Waals surface area (Å²) in [5, 5.41) is 0.774. The number of hydrogen-bond donors (Lipinski definition) is 1. The second-order valence-corrected chi connectivity index (χ2v) is 12.1. The fraction of sp³-hybridized carbons (Fsp3) is 0.714. The van der Waals surface area contributed by atoms with Gasteiger partial charge in [0.2, 0.25) is 0 Å². The van der Waals surface area contributed by atoms with Crippen LogP contribution in [0.1, 0.15) is 68.8 Å². The molecule has 0 amide bonds. The molecule has 160 valence electrons. The summed E-state index contributed by atoms with van der Waals surface area (Å²) >= 11 is 1.67. The van der Waals surface area contributed by atoms with Crippen LogP contribution in [-0.2, 0) is 22.7 Å². The van der Waals surface area contributed by atoms with Crippen molar-refractivity contribution < 1.29 is 8.42 Å². The Kier molecular flexibility index (Phi) is 5.88. The number of aryl methyl sites for hydroxylation is 1. The maximum Gasteiger partial charge on any atom is 0.259 e. The van der Waals surface area contributed by atoms with Gasteiger partial charge in [-0.25, -0.2) is 13.4 Å². The summed E-state index contributed by atoms with van der Waals surface area (Å²) in [6.07, 6.45) is 5.81. The Balaban J connectivity index is 1.69. The van der Waals surface area contributed by atoms with Crippen LogP contribution in [0.4, 0.5) is 0 Å². The molecule has 2 aliphatic rings. The Labute approximate surface area is 176 Å². The predicted molar refractivity (Wildman–Crippen MR) is 119 cm³/mol. The van der Waals surface area contributed by atoms with E-state index in [2.05, 4.69) is 23.7 Å². The largest absolute Gasteiger partial charge is 0.309 e. The minimum atomic E-state index is -2.96. The molecular weight excluding hydrogens is 406 g/mol. The van der Waals surface area contributed by atoms with Crippen molar-refractivity contribution >= 4 is 31.4 Å². The second kappa shape index (κ2) is 8.12. The molecule has 1 aliphatic carbocycles. The van der Waals surface area contributed by atoms with E-state index in [9.17, 15) is 13.2 Å². The number of H-pyrrole nitrogens is 1. The fourth-order valence-corrected chi connectivity index (χ4v) is 7.92. The van der Waals surface area contributed by atoms with Gasteiger partial charge in [-0.1, -0.05) is 20.3 Å². The highest BCUT2D eigenvalue weighted by atomic mass is 32.2. The zero-order valence-corrected chi connectivity index (χ0v) is 19.2. The standard InChI is InChI=1S/C21H31N3O3S2/c1-4-5-9-24(15-8-10-29(26,27)12-15)14(3)19-22-20(25)18-16-7-6-13(2)11-17(16)28-21(18)23-19/h13-15H,4-12H2,1-3H3,(H,22,23,25). The molecule has 3 heterocycles. The summed E-state index contributed by atoms with van der Waals surface area (Å²) in [6.45, 7) is 7.26. The van der Waals surface area contributed by atoms with Crippen molar-refractivity contribution in [3.05, 3.63) is 26.6 Å². The highest BCUT2D eigenvalue weighted by Gasteiger charge is 2.35. The molecule has 29 heavy (non-hydrogen) atoms. The number of nitrogens with zero attached hydrogens (tertiary/aromatic N) is 2. The first kappa shape index (κ1) is 21.0. The van der Waals surface area contributed by atoms with Crippen LogP contribution < -0.4 is 5.56 Å². The van der Waals surface area contributed by atoms with Gasteiger partial charge in [0.05, 0.1) is 22.9 Å². The van der Waals surface area contributed by atoms with E-state index < -0.39 is 9.84 Å². The summed E-state index contributed by atoms with van der Waals surface area (Å²) in [5.41, 5.74) is 1.15. The van der Waals surface area contributed by atoms with Crippen LogP contribution in [0, 0.1) is 5.92 Å². The van der Waals surface area contributed by atoms with Crippen LogP contribution in [0.15, 0.2) is 4.79 Å². The molecule has 0 spiro atoms. The molecule has 1 saturated heterocycles. The van der Waals surface area contributed by atoms with E-state index in [0.29, 0.717) is 18.2 Å². The van der Waals surface area contributed by atoms with Gasteiger partial charge in [-0.3, -0.25) is 9.69 Å². The minimum absolute atomic E-state index is 0.0000557. The lowest BCUT2D eigenvalue weighted by molar-refractivity contribution is 0.149. The maximum atomic E-state index is 13.0. The number of unbranched alkanes of at least 4 members (excludes halogenated alkanes) is 1. The Morgan fingerprint density at radius 3 is 2.83 bits per heavy atom. The smallest absolute Gasteiger partial charge is 0.259 e. The molecule has 6 nitrogen and oxygen atoms in total. The molecule has 1 aliphatic heterocycles. The highest BCUT2D eigenvalue weighted by Crippen LogP contribution is 2.36. The molecule has 2 aromatic rings. The lowest BCUT2D eigenvalue weighted by atomic mass is 9.89. The van der Waals surface area contributed by atoms with Crippen LogP contribution in [0.25, 0.3) is 10.2 Å². The highest BCUT2D eigenvalue weighted by molar-refractivity contribution is 7.91. The lowest BCUT2D eigenvalue weighted by Gasteiger charge is -2.33. The van der Waals surface area contributed by atoms with Crippen molar-refractivity contribution in [3.63, 3.8) is 0 Å². The van der Waals surface area contributed by atoms with E-state index in [1.807, 2.05) is 6.92 Å². The number of hydrogen-bond acceptors (Lipinski definition) is 6. The summed E-state index contributed by atoms with van der Waals surface area (Å²) in [4.78, 5) is 25.3. The Morgan fingerprint density at radius 2 is 2.14 bits per heavy atom. The Morgan fingerprint density at radius 1 is 1.34 bits per heavy atom. The molecule has 3 unspecified atom stereocenters. The second-order valence-electron chi connectivity index (χ2n) is 8.81. The average molecular weight is 438 g/mol. The van der Waals surface area contributed by atoms with E-state index in [4.69, 9.17) is 4.98 Å². The fourth-order valence-electron chi connectivity index (χ4n) is 4.79. The van der Waals surface area contributed by atoms with Crippen LogP contribution in [0.5, 0.6) is 0 Å². The third-order valence-corrected chi connectivity index (χ3v) is 9.42. The van der Waals surface area contributed by atoms with Gasteiger partial charge in [-0.2, -0.15) is 0 Å². The molecule has 4 rings (SSSR count). The first-order chi connectivity index (χ1) is 13.8. The van der Waals surface area contributed by atoms with Gasteiger partial charge in [0.25, 0.3) is 5.56 Å². The van der Waals surface area contributed by atoms with Crippen molar-refractivity contribution in [3.8, 4) is 0 Å². The van der Waals surface area contributed by atoms with Gasteiger partial charge in [-0.05, 0) is 57.1 Å². The molecule has 1 fully saturated rings. The molecule has 0 radical (unpaired) electrons. The molecule has 0 bridgehead atoms. The topological polar surface area (TPSA) is 83.1 Å². The molecule has 0 saturated carbocycles. The first-order valence-electron chi connectivity index (χ1n) is 10.8. The number of fused-ring (bicyclic) bond motifs is 3. The van der Waals surface area contributed by atoms with Crippen molar-refractivity contribution in [1.29, 1.82) is 0 Å². The third-order valence-electron chi connectivity index (χ3n) is 6.52. The Bertz CT molecular complexity index is 1060. The molecule has 8 heteroatoms. The van der Waals surface area contributed by atoms with Crippen molar-refractivity contribution in [2.24, 2.45) is 5.92 Å². The van der Waals surface area contributed by atoms with Crippen LogP contribution in [0.2, 0.25) is 0 Å². The minimum Gasteiger partial charge on any atom is -0.309 e. The number of thiophene rings is 1. The Hall–Kier alpha value is -1.25. The predicted octanol–water partition coefficient (Wildman–Crippen LogP) is 3.46. The summed E-state index contributed by atoms with van der Waals surface area (Å²) in [5.74, 6) is 1.78. The van der Waals surface area contributed by atoms with Crippen molar-refractivity contribution in [2.45, 2.75) is 71.4 Å². The van der Waals surface area contributed by atoms with Crippen molar-refractivity contribution in [2.75, 3.05) is 18.1 Å². The number of sulfone groups is 1. The van der Waals surface area contributed by atoms with E-state index in [0.717, 1.165) is 48.9 Å². The number of aromatic nitrogens is 2. The quantitative estimate of drug-likeness (QED) is 0.748. The average Bonchev–Trinajstić information content (AvgIpc) is 3.20. The van der Waals surface area contributed by atoms with Gasteiger partial charge in [0.1, 0.15) is 10.7 Å². The number of aromatic amines is 1. The lowest BCUT2D eigenvalue weighted by Crippen LogP contribution is -2.40. The normalized spacial score (nSPS) is 24.8. The van der Waals surface area contributed by atoms with Gasteiger partial charge in [0.15, 0.2) is 9.84 Å². The molecule has 3 atom stereocenters. The molecule has 2 aromatic heterocycles. The van der Waals surface area contributed by atoms with Gasteiger partial charge in [-0.15, -0.1) is 11.3 Å². The zero-order valence-electron chi connectivity index (χ0n) is 17.5. The van der Waals surface area contributed by atoms with Crippen molar-refractivity contribution in [1.82, 2.24) is 14.9 Å². The SMILES string of the molecule is CCCCN(C1CCS(=O)(=O)C1)C(C)c1nc2sc3c(c2c(=O)[nH]1)CCC(C)C3. The molecule has 0 aromatic carbocycles. The van der Waals surface area contributed by atoms with Crippen LogP contribution in [-0.4, -0.2) is 47.4 Å². The van der Waals surface area contributed by atoms with Gasteiger partial charge >= 0.3 is 0 Å². The van der Waals surface area contributed by atoms with E-state index in [1.165, 1.54) is 10.4 Å². The maximum absolute atomic E-state index is 13.0. The van der Waals surface area contributed by atoms with E-state index >= 15 is 0 Å². The number of rotatable bonds is 6. The van der Waals surface area contributed by atoms with Crippen LogP contribution in [0.3, 0.4) is 0 Å². The summed E-state index contributed by atoms with van der Waals surface area (Å²) in [7, 11) is -2.96. The van der Waals surface area contributed by atoms with Gasteiger partial charge < -0.3 is 4.98 Å². The van der Waals surface area contributed by atoms with Gasteiger partial charge in [0, 0.05) is 10.9 Å². The molecular formula is C21H31N3O3S2. The summed E-state index contributed by atoms with van der Waals surface area (Å²) in [6, 6.07) is -0.116. The van der Waals surface area contributed by atoms with E-state index in [-0.39, 0.29) is 29.1 Å². The van der Waals surface area contributed by atoms with Crippen LogP contribution >= 0.6 is 11.3 Å². The monoisotopic (exact) mass is 437 g/mol. The molecule has 1 N–H and O–H groups in total. The summed E-state index contributed by atoms with van der Waals surface area (Å²) < 4.78 is 24.1. The number of nitrogens with one attached hydrogen (secondary N) is 1. The zero-order chi connectivity index (χ0) is 20.8. The van der Waals surface area contributed by atoms with E-state index in [1.54, 1.807) is 11.3 Å². The third kappa shape index (κ3) is 4.16.